The van der Waals surface area contributed by atoms with Gasteiger partial charge in [-0.25, -0.2) is 9.18 Å². The number of hydrogen-bond acceptors (Lipinski definition) is 4. The maximum Gasteiger partial charge on any atom is 0.342 e. The molecule has 1 heterocycles. The molecule has 8 heteroatoms. The molecular weight excluding hydrogens is 531 g/mol. The SMILES string of the molecule is CCCCCCCCCCCCCCCNC(=O)n1[nH]c2c3cc(OC)c(OC)cc3cc-2c1Nc1cccc(F)c1. The molecule has 0 unspecified atom stereocenters. The number of aromatic amines is 1. The van der Waals surface area contributed by atoms with Crippen LogP contribution in [0.3, 0.4) is 0 Å². The van der Waals surface area contributed by atoms with Gasteiger partial charge in [-0.3, -0.25) is 5.10 Å². The Morgan fingerprint density at radius 2 is 1.45 bits per heavy atom. The lowest BCUT2D eigenvalue weighted by molar-refractivity contribution is 0.240. The average molecular weight is 579 g/mol. The molecule has 2 aromatic rings. The van der Waals surface area contributed by atoms with E-state index in [2.05, 4.69) is 22.7 Å². The maximum absolute atomic E-state index is 14.0. The summed E-state index contributed by atoms with van der Waals surface area (Å²) in [6.07, 6.45) is 16.7. The molecule has 1 amide bonds. The molecule has 0 bridgehead atoms. The van der Waals surface area contributed by atoms with Gasteiger partial charge in [-0.2, -0.15) is 4.68 Å². The monoisotopic (exact) mass is 578 g/mol. The van der Waals surface area contributed by atoms with Crippen molar-refractivity contribution in [1.29, 1.82) is 0 Å². The first-order valence-electron chi connectivity index (χ1n) is 15.7. The molecule has 1 aliphatic heterocycles. The van der Waals surface area contributed by atoms with Crippen LogP contribution in [0.2, 0.25) is 0 Å². The van der Waals surface area contributed by atoms with E-state index in [1.807, 2.05) is 18.2 Å². The van der Waals surface area contributed by atoms with Gasteiger partial charge in [-0.1, -0.05) is 90.0 Å². The number of aromatic nitrogens is 2. The number of nitrogens with zero attached hydrogens (tertiary/aromatic N) is 1. The number of benzene rings is 2. The van der Waals surface area contributed by atoms with Gasteiger partial charge in [0.1, 0.15) is 11.6 Å². The average Bonchev–Trinajstić information content (AvgIpc) is 3.52. The Labute approximate surface area is 249 Å². The third-order valence-corrected chi connectivity index (χ3v) is 7.94. The second-order valence-electron chi connectivity index (χ2n) is 11.1. The second kappa shape index (κ2) is 16.1. The molecule has 2 aliphatic rings. The van der Waals surface area contributed by atoms with Gasteiger partial charge < -0.3 is 20.1 Å². The van der Waals surface area contributed by atoms with E-state index in [0.29, 0.717) is 29.5 Å². The number of unbranched alkanes of at least 4 members (excludes halogenated alkanes) is 12. The van der Waals surface area contributed by atoms with Gasteiger partial charge in [-0.05, 0) is 48.2 Å². The highest BCUT2D eigenvalue weighted by molar-refractivity contribution is 6.07. The zero-order valence-electron chi connectivity index (χ0n) is 25.5. The Balaban J connectivity index is 1.33. The Hall–Kier alpha value is -3.68. The molecule has 3 N–H and O–H groups in total. The van der Waals surface area contributed by atoms with Gasteiger partial charge >= 0.3 is 6.03 Å². The molecule has 0 aromatic heterocycles. The third-order valence-electron chi connectivity index (χ3n) is 7.94. The topological polar surface area (TPSA) is 80.3 Å². The summed E-state index contributed by atoms with van der Waals surface area (Å²) in [5.41, 5.74) is 2.14. The molecule has 1 aliphatic carbocycles. The smallest absolute Gasteiger partial charge is 0.342 e. The predicted octanol–water partition coefficient (Wildman–Crippen LogP) is 9.62. The molecule has 228 valence electrons. The molecule has 0 radical (unpaired) electrons. The number of ether oxygens (including phenoxy) is 2. The number of amides is 1. The number of fused-ring (bicyclic) bond motifs is 3. The quantitative estimate of drug-likeness (QED) is 0.103. The van der Waals surface area contributed by atoms with Crippen LogP contribution in [0.15, 0.2) is 42.5 Å². The third kappa shape index (κ3) is 8.20. The predicted molar refractivity (Wildman–Crippen MR) is 170 cm³/mol. The molecular formula is C34H47FN4O3. The van der Waals surface area contributed by atoms with Gasteiger partial charge in [0.05, 0.1) is 19.9 Å². The number of halogens is 1. The van der Waals surface area contributed by atoms with E-state index in [-0.39, 0.29) is 11.8 Å². The van der Waals surface area contributed by atoms with Crippen LogP contribution in [0.25, 0.3) is 22.0 Å². The second-order valence-corrected chi connectivity index (χ2v) is 11.1. The number of carbonyl (C=O) groups excluding carboxylic acids is 1. The van der Waals surface area contributed by atoms with Crippen LogP contribution >= 0.6 is 0 Å². The summed E-state index contributed by atoms with van der Waals surface area (Å²) in [7, 11) is 3.20. The van der Waals surface area contributed by atoms with Crippen molar-refractivity contribution in [3.05, 3.63) is 48.3 Å². The summed E-state index contributed by atoms with van der Waals surface area (Å²) >= 11 is 0. The molecule has 7 nitrogen and oxygen atoms in total. The lowest BCUT2D eigenvalue weighted by atomic mass is 10.0. The molecule has 2 aromatic carbocycles. The molecule has 4 rings (SSSR count). The molecule has 0 saturated carbocycles. The van der Waals surface area contributed by atoms with Gasteiger partial charge in [0.15, 0.2) is 11.5 Å². The molecule has 0 fully saturated rings. The van der Waals surface area contributed by atoms with Gasteiger partial charge in [0.25, 0.3) is 0 Å². The summed E-state index contributed by atoms with van der Waals surface area (Å²) < 4.78 is 26.4. The van der Waals surface area contributed by atoms with Crippen LogP contribution < -0.4 is 20.1 Å². The van der Waals surface area contributed by atoms with Gasteiger partial charge in [-0.15, -0.1) is 0 Å². The summed E-state index contributed by atoms with van der Waals surface area (Å²) in [4.78, 5) is 13.3. The Morgan fingerprint density at radius 1 is 0.833 bits per heavy atom. The summed E-state index contributed by atoms with van der Waals surface area (Å²) in [6, 6.07) is 11.7. The highest BCUT2D eigenvalue weighted by Crippen LogP contribution is 2.43. The maximum atomic E-state index is 14.0. The first-order valence-corrected chi connectivity index (χ1v) is 15.7. The van der Waals surface area contributed by atoms with Crippen LogP contribution in [0.5, 0.6) is 11.5 Å². The van der Waals surface area contributed by atoms with Crippen molar-refractivity contribution >= 4 is 28.3 Å². The van der Waals surface area contributed by atoms with Crippen LogP contribution in [0.1, 0.15) is 90.4 Å². The number of nitrogens with one attached hydrogen (secondary N) is 3. The summed E-state index contributed by atoms with van der Waals surface area (Å²) in [5, 5.41) is 11.4. The van der Waals surface area contributed by atoms with Gasteiger partial charge in [0.2, 0.25) is 0 Å². The first-order chi connectivity index (χ1) is 20.5. The lowest BCUT2D eigenvalue weighted by Crippen LogP contribution is -2.30. The number of anilines is 2. The van der Waals surface area contributed by atoms with Crippen molar-refractivity contribution in [2.45, 2.75) is 90.4 Å². The number of methoxy groups -OCH3 is 2. The zero-order valence-corrected chi connectivity index (χ0v) is 25.5. The molecule has 0 atom stereocenters. The fourth-order valence-corrected chi connectivity index (χ4v) is 5.59. The normalized spacial score (nSPS) is 11.3. The van der Waals surface area contributed by atoms with Crippen molar-refractivity contribution in [2.75, 3.05) is 26.1 Å². The minimum Gasteiger partial charge on any atom is -0.493 e. The number of H-pyrrole nitrogens is 1. The van der Waals surface area contributed by atoms with Crippen molar-refractivity contribution in [2.24, 2.45) is 0 Å². The number of carbonyl (C=O) groups is 1. The fraction of sp³-hybridized carbons (Fsp3) is 0.500. The number of rotatable bonds is 18. The Kier molecular flexibility index (Phi) is 12.0. The van der Waals surface area contributed by atoms with E-state index >= 15 is 0 Å². The molecule has 42 heavy (non-hydrogen) atoms. The fourth-order valence-electron chi connectivity index (χ4n) is 5.59. The number of hydrogen-bond donors (Lipinski definition) is 3. The van der Waals surface area contributed by atoms with E-state index in [1.165, 1.54) is 87.4 Å². The van der Waals surface area contributed by atoms with E-state index < -0.39 is 0 Å². The Bertz CT molecular complexity index is 1380. The minimum absolute atomic E-state index is 0.266. The molecule has 0 saturated heterocycles. The van der Waals surface area contributed by atoms with Crippen LogP contribution in [-0.4, -0.2) is 36.6 Å². The largest absolute Gasteiger partial charge is 0.493 e. The first kappa shape index (κ1) is 31.3. The summed E-state index contributed by atoms with van der Waals surface area (Å²) in [6.45, 7) is 2.86. The summed E-state index contributed by atoms with van der Waals surface area (Å²) in [5.74, 6) is 1.41. The van der Waals surface area contributed by atoms with E-state index in [4.69, 9.17) is 9.47 Å². The van der Waals surface area contributed by atoms with Crippen molar-refractivity contribution in [3.63, 3.8) is 0 Å². The van der Waals surface area contributed by atoms with Crippen molar-refractivity contribution in [3.8, 4) is 22.8 Å². The van der Waals surface area contributed by atoms with E-state index in [9.17, 15) is 9.18 Å². The highest BCUT2D eigenvalue weighted by atomic mass is 19.1. The van der Waals surface area contributed by atoms with Crippen LogP contribution in [0, 0.1) is 5.82 Å². The standard InChI is InChI=1S/C34H47FN4O3/c1-4-5-6-7-8-9-10-11-12-13-14-15-16-20-36-34(40)39-33(37-27-19-17-18-26(35)23-27)29-21-25-22-30(41-2)31(42-3)24-28(25)32(29)38-39/h17-19,21-24,37-38H,4-16,20H2,1-3H3,(H,36,40). The highest BCUT2D eigenvalue weighted by Gasteiger charge is 2.25. The van der Waals surface area contributed by atoms with Crippen molar-refractivity contribution in [1.82, 2.24) is 15.1 Å². The molecule has 0 spiro atoms. The van der Waals surface area contributed by atoms with E-state index in [0.717, 1.165) is 34.9 Å². The zero-order chi connectivity index (χ0) is 29.7. The van der Waals surface area contributed by atoms with Gasteiger partial charge in [0, 0.05) is 23.2 Å². The minimum atomic E-state index is -0.354. The van der Waals surface area contributed by atoms with Crippen molar-refractivity contribution < 1.29 is 18.7 Å². The van der Waals surface area contributed by atoms with Crippen LogP contribution in [-0.2, 0) is 0 Å². The Morgan fingerprint density at radius 3 is 2.07 bits per heavy atom. The van der Waals surface area contributed by atoms with Crippen LogP contribution in [0.4, 0.5) is 20.7 Å². The van der Waals surface area contributed by atoms with E-state index in [1.54, 1.807) is 26.4 Å². The lowest BCUT2D eigenvalue weighted by Gasteiger charge is -2.12.